The molecule has 4 heteroatoms. The van der Waals surface area contributed by atoms with Crippen LogP contribution in [0.1, 0.15) is 49.2 Å². The van der Waals surface area contributed by atoms with Gasteiger partial charge in [0, 0.05) is 12.2 Å². The first-order chi connectivity index (χ1) is 11.2. The fraction of sp³-hybridized carbons (Fsp3) is 0.368. The van der Waals surface area contributed by atoms with Crippen molar-refractivity contribution >= 4 is 17.3 Å². The van der Waals surface area contributed by atoms with Gasteiger partial charge in [0.05, 0.1) is 11.9 Å². The molecule has 23 heavy (non-hydrogen) atoms. The molecule has 2 aromatic rings. The molecule has 1 heterocycles. The van der Waals surface area contributed by atoms with Crippen LogP contribution in [0, 0.1) is 0 Å². The number of anilines is 2. The molecule has 0 unspecified atom stereocenters. The van der Waals surface area contributed by atoms with Crippen molar-refractivity contribution < 1.29 is 4.79 Å². The highest BCUT2D eigenvalue weighted by atomic mass is 16.1. The second-order valence-corrected chi connectivity index (χ2v) is 5.57. The Balaban J connectivity index is 1.89. The van der Waals surface area contributed by atoms with E-state index in [0.29, 0.717) is 12.2 Å². The topological polar surface area (TPSA) is 54.0 Å². The first-order valence-corrected chi connectivity index (χ1v) is 8.33. The van der Waals surface area contributed by atoms with Gasteiger partial charge in [0.1, 0.15) is 5.69 Å². The number of hydrogen-bond donors (Lipinski definition) is 2. The molecule has 0 aliphatic heterocycles. The third kappa shape index (κ3) is 5.40. The fourth-order valence-electron chi connectivity index (χ4n) is 2.26. The van der Waals surface area contributed by atoms with Gasteiger partial charge in [0.25, 0.3) is 5.91 Å². The average Bonchev–Trinajstić information content (AvgIpc) is 2.60. The molecule has 0 radical (unpaired) electrons. The Labute approximate surface area is 138 Å². The Morgan fingerprint density at radius 3 is 2.35 bits per heavy atom. The van der Waals surface area contributed by atoms with Crippen molar-refractivity contribution in [3.05, 3.63) is 53.9 Å². The van der Waals surface area contributed by atoms with Crippen LogP contribution in [-0.2, 0) is 6.42 Å². The number of pyridine rings is 1. The van der Waals surface area contributed by atoms with Crippen molar-refractivity contribution in [2.45, 2.75) is 39.5 Å². The van der Waals surface area contributed by atoms with Crippen LogP contribution in [0.25, 0.3) is 0 Å². The molecule has 2 N–H and O–H groups in total. The third-order valence-corrected chi connectivity index (χ3v) is 3.71. The maximum atomic E-state index is 12.0. The van der Waals surface area contributed by atoms with Crippen molar-refractivity contribution in [2.24, 2.45) is 0 Å². The van der Waals surface area contributed by atoms with Gasteiger partial charge in [-0.15, -0.1) is 0 Å². The second-order valence-electron chi connectivity index (χ2n) is 5.57. The maximum absolute atomic E-state index is 12.0. The molecule has 0 spiro atoms. The predicted molar refractivity (Wildman–Crippen MR) is 95.2 cm³/mol. The van der Waals surface area contributed by atoms with Crippen molar-refractivity contribution in [3.63, 3.8) is 0 Å². The highest BCUT2D eigenvalue weighted by Gasteiger charge is 2.06. The molecule has 4 nitrogen and oxygen atoms in total. The molecule has 1 amide bonds. The largest absolute Gasteiger partial charge is 0.354 e. The minimum atomic E-state index is -0.111. The van der Waals surface area contributed by atoms with Crippen molar-refractivity contribution in [1.29, 1.82) is 0 Å². The molecule has 0 bridgehead atoms. The molecule has 0 fully saturated rings. The van der Waals surface area contributed by atoms with Gasteiger partial charge >= 0.3 is 0 Å². The van der Waals surface area contributed by atoms with Crippen molar-refractivity contribution in [2.75, 3.05) is 11.9 Å². The van der Waals surface area contributed by atoms with E-state index < -0.39 is 0 Å². The predicted octanol–water partition coefficient (Wildman–Crippen LogP) is 4.31. The zero-order valence-electron chi connectivity index (χ0n) is 13.9. The molecule has 122 valence electrons. The summed E-state index contributed by atoms with van der Waals surface area (Å²) in [6.07, 6.45) is 6.01. The van der Waals surface area contributed by atoms with E-state index in [1.54, 1.807) is 12.3 Å². The molecular weight excluding hydrogens is 286 g/mol. The van der Waals surface area contributed by atoms with E-state index >= 15 is 0 Å². The minimum Gasteiger partial charge on any atom is -0.354 e. The van der Waals surface area contributed by atoms with Gasteiger partial charge in [-0.1, -0.05) is 38.8 Å². The number of hydrogen-bond acceptors (Lipinski definition) is 3. The van der Waals surface area contributed by atoms with Crippen LogP contribution in [0.4, 0.5) is 11.4 Å². The summed E-state index contributed by atoms with van der Waals surface area (Å²) in [4.78, 5) is 16.2. The number of nitrogens with zero attached hydrogens (tertiary/aromatic N) is 1. The standard InChI is InChI=1S/C19H25N3O/c1-3-5-6-13-20-19(23)18-12-11-17(14-21-18)22-16-9-7-15(4-2)8-10-16/h7-12,14,22H,3-6,13H2,1-2H3,(H,20,23). The van der Waals surface area contributed by atoms with Gasteiger partial charge in [-0.05, 0) is 42.7 Å². The van der Waals surface area contributed by atoms with Crippen LogP contribution in [0.3, 0.4) is 0 Å². The Bertz CT molecular complexity index is 606. The van der Waals surface area contributed by atoms with Gasteiger partial charge in [-0.3, -0.25) is 4.79 Å². The normalized spacial score (nSPS) is 10.3. The molecule has 2 rings (SSSR count). The Morgan fingerprint density at radius 2 is 1.74 bits per heavy atom. The summed E-state index contributed by atoms with van der Waals surface area (Å²) in [5, 5.41) is 6.18. The van der Waals surface area contributed by atoms with Crippen LogP contribution < -0.4 is 10.6 Å². The minimum absolute atomic E-state index is 0.111. The number of aromatic nitrogens is 1. The highest BCUT2D eigenvalue weighted by molar-refractivity contribution is 5.92. The maximum Gasteiger partial charge on any atom is 0.269 e. The number of carbonyl (C=O) groups excluding carboxylic acids is 1. The number of carbonyl (C=O) groups is 1. The summed E-state index contributed by atoms with van der Waals surface area (Å²) >= 11 is 0. The number of rotatable bonds is 8. The molecule has 0 saturated carbocycles. The molecule has 0 aliphatic rings. The molecule has 1 aromatic carbocycles. The van der Waals surface area contributed by atoms with E-state index in [-0.39, 0.29) is 5.91 Å². The Morgan fingerprint density at radius 1 is 1.00 bits per heavy atom. The first-order valence-electron chi connectivity index (χ1n) is 8.33. The Hall–Kier alpha value is -2.36. The van der Waals surface area contributed by atoms with Crippen LogP contribution in [0.5, 0.6) is 0 Å². The zero-order chi connectivity index (χ0) is 16.5. The van der Waals surface area contributed by atoms with Crippen LogP contribution in [0.2, 0.25) is 0 Å². The quantitative estimate of drug-likeness (QED) is 0.714. The lowest BCUT2D eigenvalue weighted by Gasteiger charge is -2.08. The van der Waals surface area contributed by atoms with Gasteiger partial charge in [0.15, 0.2) is 0 Å². The summed E-state index contributed by atoms with van der Waals surface area (Å²) < 4.78 is 0. The molecule has 0 saturated heterocycles. The monoisotopic (exact) mass is 311 g/mol. The lowest BCUT2D eigenvalue weighted by Crippen LogP contribution is -2.25. The van der Waals surface area contributed by atoms with E-state index in [4.69, 9.17) is 0 Å². The van der Waals surface area contributed by atoms with E-state index in [1.807, 2.05) is 18.2 Å². The van der Waals surface area contributed by atoms with E-state index in [2.05, 4.69) is 41.6 Å². The number of benzene rings is 1. The zero-order valence-corrected chi connectivity index (χ0v) is 13.9. The molecule has 0 aliphatic carbocycles. The number of unbranched alkanes of at least 4 members (excludes halogenated alkanes) is 2. The molecule has 0 atom stereocenters. The van der Waals surface area contributed by atoms with E-state index in [1.165, 1.54) is 5.56 Å². The third-order valence-electron chi connectivity index (χ3n) is 3.71. The SMILES string of the molecule is CCCCCNC(=O)c1ccc(Nc2ccc(CC)cc2)cn1. The summed E-state index contributed by atoms with van der Waals surface area (Å²) in [5.74, 6) is -0.111. The van der Waals surface area contributed by atoms with Gasteiger partial charge < -0.3 is 10.6 Å². The van der Waals surface area contributed by atoms with Gasteiger partial charge in [0.2, 0.25) is 0 Å². The lowest BCUT2D eigenvalue weighted by molar-refractivity contribution is 0.0948. The molecule has 1 aromatic heterocycles. The van der Waals surface area contributed by atoms with Crippen LogP contribution in [-0.4, -0.2) is 17.4 Å². The summed E-state index contributed by atoms with van der Waals surface area (Å²) in [6, 6.07) is 11.9. The average molecular weight is 311 g/mol. The van der Waals surface area contributed by atoms with Crippen molar-refractivity contribution in [3.8, 4) is 0 Å². The van der Waals surface area contributed by atoms with Crippen molar-refractivity contribution in [1.82, 2.24) is 10.3 Å². The van der Waals surface area contributed by atoms with Crippen LogP contribution in [0.15, 0.2) is 42.6 Å². The number of nitrogens with one attached hydrogen (secondary N) is 2. The lowest BCUT2D eigenvalue weighted by atomic mass is 10.1. The fourth-order valence-corrected chi connectivity index (χ4v) is 2.26. The van der Waals surface area contributed by atoms with E-state index in [9.17, 15) is 4.79 Å². The number of amides is 1. The van der Waals surface area contributed by atoms with Crippen LogP contribution >= 0.6 is 0 Å². The smallest absolute Gasteiger partial charge is 0.269 e. The second kappa shape index (κ2) is 8.93. The summed E-state index contributed by atoms with van der Waals surface area (Å²) in [6.45, 7) is 4.99. The summed E-state index contributed by atoms with van der Waals surface area (Å²) in [5.41, 5.74) is 3.65. The Kier molecular flexibility index (Phi) is 6.60. The first kappa shape index (κ1) is 17.0. The summed E-state index contributed by atoms with van der Waals surface area (Å²) in [7, 11) is 0. The van der Waals surface area contributed by atoms with E-state index in [0.717, 1.165) is 37.1 Å². The number of aryl methyl sites for hydroxylation is 1. The van der Waals surface area contributed by atoms with Gasteiger partial charge in [-0.2, -0.15) is 0 Å². The van der Waals surface area contributed by atoms with Gasteiger partial charge in [-0.25, -0.2) is 4.98 Å². The highest BCUT2D eigenvalue weighted by Crippen LogP contribution is 2.16. The molecular formula is C19H25N3O.